The summed E-state index contributed by atoms with van der Waals surface area (Å²) in [5, 5.41) is -0.233. The van der Waals surface area contributed by atoms with Gasteiger partial charge >= 0.3 is 0 Å². The molecule has 2 bridgehead atoms. The highest BCUT2D eigenvalue weighted by atomic mass is 32.2. The summed E-state index contributed by atoms with van der Waals surface area (Å²) in [6.45, 7) is 9.81. The van der Waals surface area contributed by atoms with Crippen LogP contribution in [0.4, 0.5) is 10.2 Å². The van der Waals surface area contributed by atoms with Gasteiger partial charge in [-0.1, -0.05) is 26.8 Å². The number of ether oxygens (including phenoxy) is 1. The zero-order valence-corrected chi connectivity index (χ0v) is 23.3. The zero-order valence-electron chi connectivity index (χ0n) is 22.5. The van der Waals surface area contributed by atoms with Crippen LogP contribution in [0.3, 0.4) is 0 Å². The fraction of sp³-hybridized carbons (Fsp3) is 0.414. The average Bonchev–Trinajstić information content (AvgIpc) is 2.90. The number of rotatable bonds is 8. The lowest BCUT2D eigenvalue weighted by molar-refractivity contribution is 0.0633. The number of aryl methyl sites for hydroxylation is 1. The highest BCUT2D eigenvalue weighted by Gasteiger charge is 2.44. The first kappa shape index (κ1) is 27.1. The van der Waals surface area contributed by atoms with E-state index in [0.717, 1.165) is 6.42 Å². The van der Waals surface area contributed by atoms with Crippen molar-refractivity contribution in [2.75, 3.05) is 24.6 Å². The lowest BCUT2D eigenvalue weighted by atomic mass is 9.62. The number of anilines is 1. The molecule has 1 N–H and O–H groups in total. The predicted molar refractivity (Wildman–Crippen MR) is 149 cm³/mol. The van der Waals surface area contributed by atoms with Gasteiger partial charge in [0.2, 0.25) is 0 Å². The molecule has 6 rings (SSSR count). The molecule has 2 saturated heterocycles. The molecule has 208 valence electrons. The molecule has 2 aromatic heterocycles. The maximum Gasteiger partial charge on any atom is 0.281 e. The summed E-state index contributed by atoms with van der Waals surface area (Å²) in [4.78, 5) is 24.3. The molecular formula is C29H35FN4O4S. The van der Waals surface area contributed by atoms with Gasteiger partial charge < -0.3 is 9.64 Å². The van der Waals surface area contributed by atoms with E-state index in [4.69, 9.17) is 9.72 Å². The summed E-state index contributed by atoms with van der Waals surface area (Å²) in [6.07, 6.45) is 1.13. The number of fused-ring (bicyclic) bond motifs is 2. The van der Waals surface area contributed by atoms with Gasteiger partial charge in [-0.3, -0.25) is 4.79 Å². The number of piperidine rings is 2. The zero-order chi connectivity index (χ0) is 27.9. The molecule has 8 nitrogen and oxygen atoms in total. The number of halogens is 1. The summed E-state index contributed by atoms with van der Waals surface area (Å²) >= 11 is 0. The summed E-state index contributed by atoms with van der Waals surface area (Å²) in [6, 6.07) is 12.2. The van der Waals surface area contributed by atoms with Crippen molar-refractivity contribution in [3.05, 3.63) is 65.6 Å². The van der Waals surface area contributed by atoms with Crippen LogP contribution in [-0.2, 0) is 10.0 Å². The average molecular weight is 555 g/mol. The summed E-state index contributed by atoms with van der Waals surface area (Å²) in [5.74, 6) is 1.37. The van der Waals surface area contributed by atoms with Gasteiger partial charge in [-0.2, -0.15) is 8.42 Å². The van der Waals surface area contributed by atoms with Crippen molar-refractivity contribution < 1.29 is 23.8 Å². The van der Waals surface area contributed by atoms with Crippen molar-refractivity contribution >= 4 is 21.7 Å². The Labute approximate surface area is 230 Å². The maximum absolute atomic E-state index is 14.5. The van der Waals surface area contributed by atoms with Gasteiger partial charge in [-0.05, 0) is 73.4 Å². The second-order valence-corrected chi connectivity index (χ2v) is 12.6. The van der Waals surface area contributed by atoms with Crippen LogP contribution < -0.4 is 14.4 Å². The minimum absolute atomic E-state index is 0. The van der Waals surface area contributed by atoms with E-state index in [0.29, 0.717) is 66.0 Å². The third-order valence-corrected chi connectivity index (χ3v) is 8.77. The predicted octanol–water partition coefficient (Wildman–Crippen LogP) is 5.08. The standard InChI is InChI=1S/C29H33FN4O4S.H2/c1-17(2)16-38-24-12-20(11-23(30)13-24)26-9-8-25(28(32-26)34-14-21-10-22(15-34)19(21)4)29(35)33-39(36,37)27-7-5-6-18(3)31-27;/h5-9,11-13,17,19,21-22H,10,14-16H2,1-4H3,(H,33,35);1H. The molecule has 2 aliphatic heterocycles. The number of carbonyl (C=O) groups is 1. The molecule has 2 unspecified atom stereocenters. The summed E-state index contributed by atoms with van der Waals surface area (Å²) in [7, 11) is -4.20. The summed E-state index contributed by atoms with van der Waals surface area (Å²) < 4.78 is 48.3. The fourth-order valence-electron chi connectivity index (χ4n) is 5.28. The number of benzene rings is 1. The van der Waals surface area contributed by atoms with Crippen molar-refractivity contribution in [1.82, 2.24) is 14.7 Å². The van der Waals surface area contributed by atoms with Crippen molar-refractivity contribution in [1.29, 1.82) is 0 Å². The number of hydrogen-bond donors (Lipinski definition) is 1. The number of hydrogen-bond acceptors (Lipinski definition) is 7. The van der Waals surface area contributed by atoms with E-state index in [1.807, 2.05) is 18.7 Å². The van der Waals surface area contributed by atoms with E-state index in [-0.39, 0.29) is 17.9 Å². The second kappa shape index (κ2) is 10.6. The van der Waals surface area contributed by atoms with Crippen LogP contribution in [0.2, 0.25) is 0 Å². The lowest BCUT2D eigenvalue weighted by Gasteiger charge is -2.53. The minimum atomic E-state index is -4.20. The van der Waals surface area contributed by atoms with Crippen LogP contribution in [-0.4, -0.2) is 44.0 Å². The third-order valence-electron chi connectivity index (χ3n) is 7.54. The number of pyridine rings is 2. The van der Waals surface area contributed by atoms with Crippen LogP contribution in [0.15, 0.2) is 53.6 Å². The Hall–Kier alpha value is -3.53. The van der Waals surface area contributed by atoms with Gasteiger partial charge in [-0.25, -0.2) is 19.1 Å². The number of nitrogens with one attached hydrogen (secondary N) is 1. The Morgan fingerprint density at radius 1 is 1.15 bits per heavy atom. The van der Waals surface area contributed by atoms with Crippen LogP contribution in [0.25, 0.3) is 11.3 Å². The van der Waals surface area contributed by atoms with Crippen molar-refractivity contribution in [2.24, 2.45) is 23.7 Å². The van der Waals surface area contributed by atoms with Crippen molar-refractivity contribution in [3.8, 4) is 17.0 Å². The van der Waals surface area contributed by atoms with Gasteiger partial charge in [0.1, 0.15) is 17.4 Å². The molecular weight excluding hydrogens is 519 g/mol. The first-order chi connectivity index (χ1) is 18.5. The first-order valence-corrected chi connectivity index (χ1v) is 14.7. The van der Waals surface area contributed by atoms with Gasteiger partial charge in [0.05, 0.1) is 17.9 Å². The maximum atomic E-state index is 14.5. The van der Waals surface area contributed by atoms with Crippen molar-refractivity contribution in [3.63, 3.8) is 0 Å². The van der Waals surface area contributed by atoms with Crippen LogP contribution in [0, 0.1) is 36.4 Å². The largest absolute Gasteiger partial charge is 0.493 e. The topological polar surface area (TPSA) is 101 Å². The van der Waals surface area contributed by atoms with E-state index in [9.17, 15) is 17.6 Å². The van der Waals surface area contributed by atoms with Gasteiger partial charge in [0.15, 0.2) is 5.03 Å². The molecule has 1 saturated carbocycles. The van der Waals surface area contributed by atoms with E-state index in [2.05, 4.69) is 16.6 Å². The number of carbonyl (C=O) groups excluding carboxylic acids is 1. The van der Waals surface area contributed by atoms with E-state index in [1.54, 1.807) is 37.3 Å². The number of sulfonamides is 1. The number of aromatic nitrogens is 2. The third kappa shape index (κ3) is 5.75. The van der Waals surface area contributed by atoms with Crippen LogP contribution in [0.1, 0.15) is 44.7 Å². The van der Waals surface area contributed by atoms with E-state index < -0.39 is 21.7 Å². The monoisotopic (exact) mass is 554 g/mol. The number of amides is 1. The molecule has 3 fully saturated rings. The molecule has 1 aromatic carbocycles. The Kier molecular flexibility index (Phi) is 7.33. The first-order valence-electron chi connectivity index (χ1n) is 13.2. The Morgan fingerprint density at radius 2 is 1.90 bits per heavy atom. The van der Waals surface area contributed by atoms with Crippen molar-refractivity contribution in [2.45, 2.75) is 39.1 Å². The second-order valence-electron chi connectivity index (χ2n) is 11.0. The van der Waals surface area contributed by atoms with Gasteiger partial charge in [0.25, 0.3) is 15.9 Å². The minimum Gasteiger partial charge on any atom is -0.493 e. The molecule has 10 heteroatoms. The Bertz CT molecular complexity index is 1510. The molecule has 2 atom stereocenters. The quantitative estimate of drug-likeness (QED) is 0.414. The highest BCUT2D eigenvalue weighted by Crippen LogP contribution is 2.46. The molecule has 39 heavy (non-hydrogen) atoms. The molecule has 4 heterocycles. The molecule has 3 aliphatic rings. The molecule has 0 radical (unpaired) electrons. The van der Waals surface area contributed by atoms with Gasteiger partial charge in [0, 0.05) is 31.8 Å². The fourth-order valence-corrected chi connectivity index (χ4v) is 6.26. The van der Waals surface area contributed by atoms with E-state index in [1.165, 1.54) is 18.2 Å². The molecule has 0 spiro atoms. The molecule has 1 aliphatic carbocycles. The summed E-state index contributed by atoms with van der Waals surface area (Å²) in [5.41, 5.74) is 1.63. The van der Waals surface area contributed by atoms with Crippen LogP contribution >= 0.6 is 0 Å². The Balaban J connectivity index is 0.00000370. The van der Waals surface area contributed by atoms with Crippen LogP contribution in [0.5, 0.6) is 5.75 Å². The SMILES string of the molecule is Cc1cccc(S(=O)(=O)NC(=O)c2ccc(-c3cc(F)cc(OCC(C)C)c3)nc2N2CC3CC(C2)C3C)n1.[HH]. The Morgan fingerprint density at radius 3 is 2.56 bits per heavy atom. The molecule has 1 amide bonds. The normalized spacial score (nSPS) is 20.5. The van der Waals surface area contributed by atoms with Gasteiger partial charge in [-0.15, -0.1) is 0 Å². The molecule has 3 aromatic rings. The smallest absolute Gasteiger partial charge is 0.281 e. The van der Waals surface area contributed by atoms with E-state index >= 15 is 0 Å². The highest BCUT2D eigenvalue weighted by molar-refractivity contribution is 7.90. The lowest BCUT2D eigenvalue weighted by Crippen LogP contribution is -2.54. The number of nitrogens with zero attached hydrogens (tertiary/aromatic N) is 3.